The third kappa shape index (κ3) is 3.95. The lowest BCUT2D eigenvalue weighted by molar-refractivity contribution is 0.0934. The highest BCUT2D eigenvalue weighted by atomic mass is 35.5. The van der Waals surface area contributed by atoms with E-state index in [1.165, 1.54) is 13.0 Å². The van der Waals surface area contributed by atoms with Crippen molar-refractivity contribution in [3.8, 4) is 0 Å². The van der Waals surface area contributed by atoms with Crippen molar-refractivity contribution in [2.75, 3.05) is 5.88 Å². The molecule has 0 aliphatic heterocycles. The fraction of sp³-hybridized carbons (Fsp3) is 0.462. The summed E-state index contributed by atoms with van der Waals surface area (Å²) in [5.41, 5.74) is 0.113. The summed E-state index contributed by atoms with van der Waals surface area (Å²) in [6.45, 7) is 3.31. The maximum absolute atomic E-state index is 13.5. The Balaban J connectivity index is 2.75. The van der Waals surface area contributed by atoms with Gasteiger partial charge in [-0.1, -0.05) is 0 Å². The van der Waals surface area contributed by atoms with Crippen LogP contribution in [0.2, 0.25) is 0 Å². The topological polar surface area (TPSA) is 29.1 Å². The molecule has 0 radical (unpaired) electrons. The molecule has 1 rings (SSSR count). The normalized spacial score (nSPS) is 12.3. The number of aryl methyl sites for hydroxylation is 1. The SMILES string of the molecule is Cc1cc(C(=O)NC(C)CCCCl)c(F)cc1F. The van der Waals surface area contributed by atoms with Crippen LogP contribution in [0.1, 0.15) is 35.7 Å². The van der Waals surface area contributed by atoms with Crippen LogP contribution in [0, 0.1) is 18.6 Å². The van der Waals surface area contributed by atoms with E-state index in [1.807, 2.05) is 6.92 Å². The summed E-state index contributed by atoms with van der Waals surface area (Å²) in [5, 5.41) is 2.66. The molecule has 0 heterocycles. The minimum absolute atomic E-state index is 0.0963. The van der Waals surface area contributed by atoms with Gasteiger partial charge in [-0.2, -0.15) is 0 Å². The zero-order valence-electron chi connectivity index (χ0n) is 10.4. The van der Waals surface area contributed by atoms with Crippen molar-refractivity contribution in [2.24, 2.45) is 0 Å². The fourth-order valence-corrected chi connectivity index (χ4v) is 1.74. The lowest BCUT2D eigenvalue weighted by Crippen LogP contribution is -2.33. The van der Waals surface area contributed by atoms with E-state index in [0.29, 0.717) is 5.88 Å². The first-order valence-electron chi connectivity index (χ1n) is 5.78. The highest BCUT2D eigenvalue weighted by Crippen LogP contribution is 2.14. The predicted molar refractivity (Wildman–Crippen MR) is 68.0 cm³/mol. The van der Waals surface area contributed by atoms with Crippen LogP contribution >= 0.6 is 11.6 Å². The van der Waals surface area contributed by atoms with Crippen molar-refractivity contribution < 1.29 is 13.6 Å². The summed E-state index contributed by atoms with van der Waals surface area (Å²) >= 11 is 5.55. The number of hydrogen-bond acceptors (Lipinski definition) is 1. The predicted octanol–water partition coefficient (Wildman–Crippen LogP) is 3.41. The Morgan fingerprint density at radius 2 is 2.06 bits per heavy atom. The Morgan fingerprint density at radius 1 is 1.39 bits per heavy atom. The van der Waals surface area contributed by atoms with Crippen molar-refractivity contribution in [1.29, 1.82) is 0 Å². The lowest BCUT2D eigenvalue weighted by Gasteiger charge is -2.14. The number of carbonyl (C=O) groups is 1. The number of amides is 1. The van der Waals surface area contributed by atoms with Gasteiger partial charge in [-0.05, 0) is 38.3 Å². The molecular formula is C13H16ClF2NO. The van der Waals surface area contributed by atoms with Gasteiger partial charge in [-0.15, -0.1) is 11.6 Å². The summed E-state index contributed by atoms with van der Waals surface area (Å²) in [4.78, 5) is 11.8. The Labute approximate surface area is 110 Å². The van der Waals surface area contributed by atoms with E-state index < -0.39 is 17.5 Å². The highest BCUT2D eigenvalue weighted by molar-refractivity contribution is 6.17. The number of nitrogens with one attached hydrogen (secondary N) is 1. The Morgan fingerprint density at radius 3 is 2.67 bits per heavy atom. The van der Waals surface area contributed by atoms with E-state index in [0.717, 1.165) is 18.9 Å². The average Bonchev–Trinajstić information content (AvgIpc) is 2.31. The molecule has 1 aromatic carbocycles. The first-order valence-corrected chi connectivity index (χ1v) is 6.31. The van der Waals surface area contributed by atoms with Gasteiger partial charge >= 0.3 is 0 Å². The van der Waals surface area contributed by atoms with Crippen LogP contribution in [0.3, 0.4) is 0 Å². The van der Waals surface area contributed by atoms with Crippen molar-refractivity contribution >= 4 is 17.5 Å². The minimum atomic E-state index is -0.847. The van der Waals surface area contributed by atoms with E-state index in [-0.39, 0.29) is 17.2 Å². The summed E-state index contributed by atoms with van der Waals surface area (Å²) in [5.74, 6) is -1.51. The average molecular weight is 276 g/mol. The van der Waals surface area contributed by atoms with Crippen LogP contribution in [0.5, 0.6) is 0 Å². The van der Waals surface area contributed by atoms with E-state index >= 15 is 0 Å². The van der Waals surface area contributed by atoms with Crippen LogP contribution in [-0.2, 0) is 0 Å². The number of hydrogen-bond donors (Lipinski definition) is 1. The quantitative estimate of drug-likeness (QED) is 0.820. The second-order valence-corrected chi connectivity index (χ2v) is 4.66. The van der Waals surface area contributed by atoms with E-state index in [2.05, 4.69) is 5.32 Å². The molecule has 1 aromatic rings. The fourth-order valence-electron chi connectivity index (χ4n) is 1.59. The summed E-state index contributed by atoms with van der Waals surface area (Å²) in [6, 6.07) is 1.85. The molecule has 0 saturated carbocycles. The van der Waals surface area contributed by atoms with Gasteiger partial charge in [0.05, 0.1) is 5.56 Å². The van der Waals surface area contributed by atoms with Crippen LogP contribution in [0.15, 0.2) is 12.1 Å². The van der Waals surface area contributed by atoms with Gasteiger partial charge in [0, 0.05) is 18.0 Å². The van der Waals surface area contributed by atoms with Crippen LogP contribution in [0.25, 0.3) is 0 Å². The van der Waals surface area contributed by atoms with E-state index in [1.54, 1.807) is 0 Å². The largest absolute Gasteiger partial charge is 0.349 e. The van der Waals surface area contributed by atoms with Crippen molar-refractivity contribution in [3.63, 3.8) is 0 Å². The minimum Gasteiger partial charge on any atom is -0.349 e. The molecule has 0 aliphatic carbocycles. The number of carbonyl (C=O) groups excluding carboxylic acids is 1. The summed E-state index contributed by atoms with van der Waals surface area (Å²) in [7, 11) is 0. The molecule has 100 valence electrons. The molecule has 1 atom stereocenters. The van der Waals surface area contributed by atoms with Gasteiger partial charge in [0.1, 0.15) is 11.6 Å². The second kappa shape index (κ2) is 6.69. The standard InChI is InChI=1S/C13H16ClF2NO/c1-8-6-10(12(16)7-11(8)15)13(18)17-9(2)4-3-5-14/h6-7,9H,3-5H2,1-2H3,(H,17,18). The first kappa shape index (κ1) is 14.9. The molecule has 0 spiro atoms. The van der Waals surface area contributed by atoms with Gasteiger partial charge in [0.15, 0.2) is 0 Å². The molecule has 0 saturated heterocycles. The third-order valence-electron chi connectivity index (χ3n) is 2.64. The molecule has 0 bridgehead atoms. The van der Waals surface area contributed by atoms with Gasteiger partial charge in [0.2, 0.25) is 0 Å². The molecular weight excluding hydrogens is 260 g/mol. The first-order chi connectivity index (χ1) is 8.45. The Bertz CT molecular complexity index is 437. The molecule has 1 unspecified atom stereocenters. The maximum atomic E-state index is 13.5. The van der Waals surface area contributed by atoms with Crippen LogP contribution < -0.4 is 5.32 Å². The summed E-state index contributed by atoms with van der Waals surface area (Å²) < 4.78 is 26.5. The van der Waals surface area contributed by atoms with Crippen molar-refractivity contribution in [1.82, 2.24) is 5.32 Å². The Hall–Kier alpha value is -1.16. The van der Waals surface area contributed by atoms with Crippen LogP contribution in [-0.4, -0.2) is 17.8 Å². The molecule has 18 heavy (non-hydrogen) atoms. The molecule has 2 nitrogen and oxygen atoms in total. The highest BCUT2D eigenvalue weighted by Gasteiger charge is 2.16. The monoisotopic (exact) mass is 275 g/mol. The van der Waals surface area contributed by atoms with Gasteiger partial charge < -0.3 is 5.32 Å². The van der Waals surface area contributed by atoms with Gasteiger partial charge in [-0.3, -0.25) is 4.79 Å². The zero-order valence-corrected chi connectivity index (χ0v) is 11.2. The second-order valence-electron chi connectivity index (χ2n) is 4.29. The molecule has 0 aliphatic rings. The third-order valence-corrected chi connectivity index (χ3v) is 2.91. The van der Waals surface area contributed by atoms with E-state index in [4.69, 9.17) is 11.6 Å². The molecule has 5 heteroatoms. The van der Waals surface area contributed by atoms with Crippen LogP contribution in [0.4, 0.5) is 8.78 Å². The number of alkyl halides is 1. The molecule has 0 aromatic heterocycles. The van der Waals surface area contributed by atoms with Gasteiger partial charge in [0.25, 0.3) is 5.91 Å². The molecule has 1 amide bonds. The number of halogens is 3. The van der Waals surface area contributed by atoms with E-state index in [9.17, 15) is 13.6 Å². The lowest BCUT2D eigenvalue weighted by atomic mass is 10.1. The van der Waals surface area contributed by atoms with Crippen molar-refractivity contribution in [3.05, 3.63) is 34.9 Å². The number of benzene rings is 1. The zero-order chi connectivity index (χ0) is 13.7. The molecule has 0 fully saturated rings. The van der Waals surface area contributed by atoms with Crippen molar-refractivity contribution in [2.45, 2.75) is 32.7 Å². The smallest absolute Gasteiger partial charge is 0.254 e. The Kier molecular flexibility index (Phi) is 5.54. The van der Waals surface area contributed by atoms with Gasteiger partial charge in [-0.25, -0.2) is 8.78 Å². The summed E-state index contributed by atoms with van der Waals surface area (Å²) in [6.07, 6.45) is 1.49. The number of rotatable bonds is 5. The maximum Gasteiger partial charge on any atom is 0.254 e. The molecule has 1 N–H and O–H groups in total.